The number of hydrogen-bond donors (Lipinski definition) is 1. The molecule has 0 atom stereocenters. The summed E-state index contributed by atoms with van der Waals surface area (Å²) < 4.78 is 7.74. The molecule has 0 saturated heterocycles. The molecule has 0 fully saturated rings. The van der Waals surface area contributed by atoms with Crippen LogP contribution in [-0.4, -0.2) is 17.9 Å². The Morgan fingerprint density at radius 3 is 2.68 bits per heavy atom. The van der Waals surface area contributed by atoms with Gasteiger partial charge in [-0.15, -0.1) is 0 Å². The van der Waals surface area contributed by atoms with Gasteiger partial charge in [0.15, 0.2) is 0 Å². The smallest absolute Gasteiger partial charge is 0.123 e. The van der Waals surface area contributed by atoms with Crippen molar-refractivity contribution in [2.24, 2.45) is 5.10 Å². The third-order valence-electron chi connectivity index (χ3n) is 4.47. The molecule has 1 N–H and O–H groups in total. The van der Waals surface area contributed by atoms with Gasteiger partial charge in [0, 0.05) is 34.3 Å². The Hall–Kier alpha value is -2.75. The van der Waals surface area contributed by atoms with Gasteiger partial charge < -0.3 is 14.7 Å². The maximum Gasteiger partial charge on any atom is 0.123 e. The molecule has 1 heterocycles. The molecule has 3 aromatic rings. The second-order valence-corrected chi connectivity index (χ2v) is 6.07. The lowest BCUT2D eigenvalue weighted by atomic mass is 10.1. The molecule has 130 valence electrons. The first-order valence-electron chi connectivity index (χ1n) is 8.72. The molecule has 0 aliphatic carbocycles. The first-order valence-corrected chi connectivity index (χ1v) is 8.72. The molecule has 0 amide bonds. The number of rotatable bonds is 7. The third-order valence-corrected chi connectivity index (χ3v) is 4.47. The highest BCUT2D eigenvalue weighted by Gasteiger charge is 2.11. The number of aromatic nitrogens is 1. The lowest BCUT2D eigenvalue weighted by molar-refractivity contribution is 0.408. The number of nitrogens with one attached hydrogen (secondary N) is 1. The summed E-state index contributed by atoms with van der Waals surface area (Å²) in [6, 6.07) is 16.5. The highest BCUT2D eigenvalue weighted by molar-refractivity contribution is 6.01. The fourth-order valence-corrected chi connectivity index (χ4v) is 3.22. The fraction of sp³-hybridized carbons (Fsp3) is 0.286. The van der Waals surface area contributed by atoms with Gasteiger partial charge in [-0.05, 0) is 25.5 Å². The SMILES string of the molecule is CCCn1c(C)c(/C=N\NCc2ccccc2OC)c2ccccc21. The van der Waals surface area contributed by atoms with Crippen molar-refractivity contribution in [1.82, 2.24) is 9.99 Å². The maximum absolute atomic E-state index is 5.37. The molecular weight excluding hydrogens is 310 g/mol. The summed E-state index contributed by atoms with van der Waals surface area (Å²) in [5, 5.41) is 5.70. The van der Waals surface area contributed by atoms with Gasteiger partial charge >= 0.3 is 0 Å². The van der Waals surface area contributed by atoms with Gasteiger partial charge in [0.25, 0.3) is 0 Å². The number of fused-ring (bicyclic) bond motifs is 1. The molecule has 25 heavy (non-hydrogen) atoms. The largest absolute Gasteiger partial charge is 0.496 e. The van der Waals surface area contributed by atoms with Crippen molar-refractivity contribution < 1.29 is 4.74 Å². The van der Waals surface area contributed by atoms with Crippen molar-refractivity contribution in [3.8, 4) is 5.75 Å². The predicted octanol–water partition coefficient (Wildman–Crippen LogP) is 4.49. The van der Waals surface area contributed by atoms with Crippen molar-refractivity contribution in [3.63, 3.8) is 0 Å². The minimum atomic E-state index is 0.632. The molecule has 0 aliphatic heterocycles. The molecule has 0 aliphatic rings. The topological polar surface area (TPSA) is 38.5 Å². The van der Waals surface area contributed by atoms with E-state index >= 15 is 0 Å². The van der Waals surface area contributed by atoms with Gasteiger partial charge in [-0.1, -0.05) is 43.3 Å². The average molecular weight is 335 g/mol. The lowest BCUT2D eigenvalue weighted by Gasteiger charge is -2.07. The Morgan fingerprint density at radius 2 is 1.88 bits per heavy atom. The van der Waals surface area contributed by atoms with E-state index in [1.165, 1.54) is 22.2 Å². The second-order valence-electron chi connectivity index (χ2n) is 6.07. The first-order chi connectivity index (χ1) is 12.3. The van der Waals surface area contributed by atoms with E-state index in [0.717, 1.165) is 24.3 Å². The quantitative estimate of drug-likeness (QED) is 0.510. The van der Waals surface area contributed by atoms with Crippen LogP contribution in [0.5, 0.6) is 5.75 Å². The van der Waals surface area contributed by atoms with Crippen molar-refractivity contribution in [2.45, 2.75) is 33.4 Å². The summed E-state index contributed by atoms with van der Waals surface area (Å²) in [7, 11) is 1.69. The van der Waals surface area contributed by atoms with E-state index in [2.05, 4.69) is 53.2 Å². The van der Waals surface area contributed by atoms with Crippen LogP contribution in [-0.2, 0) is 13.1 Å². The standard InChI is InChI=1S/C21H25N3O/c1-4-13-24-16(2)19(18-10-6-7-11-20(18)24)15-23-22-14-17-9-5-8-12-21(17)25-3/h5-12,15,22H,4,13-14H2,1-3H3/b23-15-. The molecule has 4 heteroatoms. The van der Waals surface area contributed by atoms with Crippen LogP contribution in [0.1, 0.15) is 30.2 Å². The van der Waals surface area contributed by atoms with Crippen molar-refractivity contribution >= 4 is 17.1 Å². The van der Waals surface area contributed by atoms with Crippen LogP contribution >= 0.6 is 0 Å². The van der Waals surface area contributed by atoms with Crippen LogP contribution in [0.2, 0.25) is 0 Å². The van der Waals surface area contributed by atoms with Crippen LogP contribution in [0.4, 0.5) is 0 Å². The summed E-state index contributed by atoms with van der Waals surface area (Å²) in [5.41, 5.74) is 7.93. The Kier molecular flexibility index (Phi) is 5.39. The summed E-state index contributed by atoms with van der Waals surface area (Å²) in [6.07, 6.45) is 3.04. The van der Waals surface area contributed by atoms with E-state index in [1.54, 1.807) is 7.11 Å². The highest BCUT2D eigenvalue weighted by Crippen LogP contribution is 2.24. The number of benzene rings is 2. The number of hydrogen-bond acceptors (Lipinski definition) is 3. The maximum atomic E-state index is 5.37. The zero-order valence-electron chi connectivity index (χ0n) is 15.1. The summed E-state index contributed by atoms with van der Waals surface area (Å²) in [5.74, 6) is 0.876. The summed E-state index contributed by atoms with van der Waals surface area (Å²) in [4.78, 5) is 0. The van der Waals surface area contributed by atoms with Crippen molar-refractivity contribution in [1.29, 1.82) is 0 Å². The van der Waals surface area contributed by atoms with Gasteiger partial charge in [-0.3, -0.25) is 0 Å². The van der Waals surface area contributed by atoms with Crippen LogP contribution in [0, 0.1) is 6.92 Å². The number of aryl methyl sites for hydroxylation is 1. The average Bonchev–Trinajstić information content (AvgIpc) is 2.91. The third kappa shape index (κ3) is 3.53. The fourth-order valence-electron chi connectivity index (χ4n) is 3.22. The molecule has 0 saturated carbocycles. The predicted molar refractivity (Wildman–Crippen MR) is 104 cm³/mol. The monoisotopic (exact) mass is 335 g/mol. The van der Waals surface area contributed by atoms with Crippen LogP contribution in [0.15, 0.2) is 53.6 Å². The van der Waals surface area contributed by atoms with E-state index in [4.69, 9.17) is 4.74 Å². The zero-order chi connectivity index (χ0) is 17.6. The van der Waals surface area contributed by atoms with Gasteiger partial charge in [-0.25, -0.2) is 0 Å². The van der Waals surface area contributed by atoms with Gasteiger partial charge in [0.05, 0.1) is 19.9 Å². The Labute approximate surface area is 149 Å². The van der Waals surface area contributed by atoms with E-state index < -0.39 is 0 Å². The number of nitrogens with zero attached hydrogens (tertiary/aromatic N) is 2. The van der Waals surface area contributed by atoms with Crippen LogP contribution in [0.25, 0.3) is 10.9 Å². The Bertz CT molecular complexity index is 880. The number of hydrazone groups is 1. The van der Waals surface area contributed by atoms with Gasteiger partial charge in [-0.2, -0.15) is 5.10 Å². The normalized spacial score (nSPS) is 11.3. The summed E-state index contributed by atoms with van der Waals surface area (Å²) >= 11 is 0. The highest BCUT2D eigenvalue weighted by atomic mass is 16.5. The van der Waals surface area contributed by atoms with Crippen LogP contribution < -0.4 is 10.2 Å². The van der Waals surface area contributed by atoms with E-state index in [9.17, 15) is 0 Å². The second kappa shape index (κ2) is 7.88. The Balaban J connectivity index is 1.81. The van der Waals surface area contributed by atoms with E-state index in [-0.39, 0.29) is 0 Å². The van der Waals surface area contributed by atoms with Crippen molar-refractivity contribution in [2.75, 3.05) is 7.11 Å². The van der Waals surface area contributed by atoms with Gasteiger partial charge in [0.2, 0.25) is 0 Å². The molecule has 0 unspecified atom stereocenters. The molecule has 2 aromatic carbocycles. The summed E-state index contributed by atoms with van der Waals surface area (Å²) in [6.45, 7) is 6.02. The molecule has 3 rings (SSSR count). The zero-order valence-corrected chi connectivity index (χ0v) is 15.1. The lowest BCUT2D eigenvalue weighted by Crippen LogP contribution is -2.07. The van der Waals surface area contributed by atoms with Crippen LogP contribution in [0.3, 0.4) is 0 Å². The Morgan fingerprint density at radius 1 is 1.12 bits per heavy atom. The molecule has 0 spiro atoms. The first kappa shape index (κ1) is 17.1. The molecule has 4 nitrogen and oxygen atoms in total. The minimum Gasteiger partial charge on any atom is -0.496 e. The van der Waals surface area contributed by atoms with E-state index in [0.29, 0.717) is 6.54 Å². The molecule has 1 aromatic heterocycles. The number of methoxy groups -OCH3 is 1. The molecular formula is C21H25N3O. The number of para-hydroxylation sites is 2. The minimum absolute atomic E-state index is 0.632. The van der Waals surface area contributed by atoms with Crippen molar-refractivity contribution in [3.05, 3.63) is 65.4 Å². The van der Waals surface area contributed by atoms with E-state index in [1.807, 2.05) is 30.5 Å². The molecule has 0 radical (unpaired) electrons. The van der Waals surface area contributed by atoms with Gasteiger partial charge in [0.1, 0.15) is 5.75 Å². The number of ether oxygens (including phenoxy) is 1. The molecule has 0 bridgehead atoms.